The Labute approximate surface area is 153 Å². The average Bonchev–Trinajstić information content (AvgIpc) is 3.18. The van der Waals surface area contributed by atoms with Gasteiger partial charge >= 0.3 is 0 Å². The van der Waals surface area contributed by atoms with Crippen molar-refractivity contribution in [2.45, 2.75) is 29.3 Å². The van der Waals surface area contributed by atoms with Crippen LogP contribution in [-0.4, -0.2) is 35.2 Å². The number of benzene rings is 2. The van der Waals surface area contributed by atoms with Crippen molar-refractivity contribution in [3.63, 3.8) is 0 Å². The fourth-order valence-electron chi connectivity index (χ4n) is 3.13. The van der Waals surface area contributed by atoms with Crippen LogP contribution in [0.2, 0.25) is 0 Å². The second-order valence-corrected chi connectivity index (χ2v) is 8.04. The molecule has 1 fully saturated rings. The fourth-order valence-corrected chi connectivity index (χ4v) is 4.70. The first-order valence-corrected chi connectivity index (χ1v) is 9.80. The lowest BCUT2D eigenvalue weighted by molar-refractivity contribution is 0.0866. The summed E-state index contributed by atoms with van der Waals surface area (Å²) < 4.78 is 47.5. The van der Waals surface area contributed by atoms with Crippen molar-refractivity contribution in [1.82, 2.24) is 0 Å². The second-order valence-electron chi connectivity index (χ2n) is 5.95. The highest BCUT2D eigenvalue weighted by molar-refractivity contribution is 7.92. The summed E-state index contributed by atoms with van der Waals surface area (Å²) in [6.07, 6.45) is 0.667. The van der Waals surface area contributed by atoms with E-state index >= 15 is 0 Å². The molecule has 2 aromatic carbocycles. The Bertz CT molecular complexity index is 838. The molecule has 2 atom stereocenters. The van der Waals surface area contributed by atoms with Crippen LogP contribution in [0.15, 0.2) is 47.4 Å². The van der Waals surface area contributed by atoms with Crippen molar-refractivity contribution in [1.29, 1.82) is 0 Å². The zero-order valence-corrected chi connectivity index (χ0v) is 15.8. The lowest BCUT2D eigenvalue weighted by Gasteiger charge is -2.18. The summed E-state index contributed by atoms with van der Waals surface area (Å²) in [5, 5.41) is 0. The third kappa shape index (κ3) is 3.37. The van der Waals surface area contributed by atoms with E-state index in [1.807, 2.05) is 0 Å². The fraction of sp³-hybridized carbons (Fsp3) is 0.368. The minimum atomic E-state index is -3.53. The van der Waals surface area contributed by atoms with Gasteiger partial charge in [-0.3, -0.25) is 0 Å². The normalized spacial score (nSPS) is 20.0. The van der Waals surface area contributed by atoms with Gasteiger partial charge < -0.3 is 18.9 Å². The molecule has 1 aliphatic rings. The second kappa shape index (κ2) is 7.55. The maximum Gasteiger partial charge on any atom is 0.205 e. The zero-order valence-electron chi connectivity index (χ0n) is 15.0. The number of methoxy groups -OCH3 is 3. The molecule has 2 aromatic rings. The van der Waals surface area contributed by atoms with Gasteiger partial charge in [0.05, 0.1) is 32.3 Å². The molecule has 0 aliphatic carbocycles. The van der Waals surface area contributed by atoms with Crippen LogP contribution in [0, 0.1) is 0 Å². The third-order valence-corrected chi connectivity index (χ3v) is 6.43. The van der Waals surface area contributed by atoms with Crippen molar-refractivity contribution < 1.29 is 27.4 Å². The van der Waals surface area contributed by atoms with Gasteiger partial charge in [0.1, 0.15) is 0 Å². The van der Waals surface area contributed by atoms with E-state index in [9.17, 15) is 8.42 Å². The summed E-state index contributed by atoms with van der Waals surface area (Å²) in [7, 11) is 1.08. The van der Waals surface area contributed by atoms with Crippen LogP contribution in [0.25, 0.3) is 0 Å². The smallest absolute Gasteiger partial charge is 0.205 e. The molecule has 3 rings (SSSR count). The topological polar surface area (TPSA) is 71.1 Å². The number of hydrogen-bond acceptors (Lipinski definition) is 6. The molecule has 0 aromatic heterocycles. The first-order valence-electron chi connectivity index (χ1n) is 8.25. The van der Waals surface area contributed by atoms with E-state index in [-0.39, 0.29) is 11.0 Å². The molecular formula is C19H22O6S. The van der Waals surface area contributed by atoms with Gasteiger partial charge in [-0.2, -0.15) is 0 Å². The predicted molar refractivity (Wildman–Crippen MR) is 96.6 cm³/mol. The summed E-state index contributed by atoms with van der Waals surface area (Å²) >= 11 is 0. The summed E-state index contributed by atoms with van der Waals surface area (Å²) in [5.41, 5.74) is -0.0701. The molecule has 0 saturated carbocycles. The predicted octanol–water partition coefficient (Wildman–Crippen LogP) is 3.36. The molecule has 0 amide bonds. The van der Waals surface area contributed by atoms with Gasteiger partial charge in [-0.1, -0.05) is 18.2 Å². The minimum absolute atomic E-state index is 0.274. The standard InChI is InChI=1S/C19H22O6S/c1-22-16-11-13(12-17(23-2)19(16)24-3)15-9-10-18(25-15)26(20,21)14-7-5-4-6-8-14/h4-8,11-12,15,18H,9-10H2,1-3H3/t15-,18-/m1/s1. The minimum Gasteiger partial charge on any atom is -0.493 e. The Hall–Kier alpha value is -2.25. The molecule has 1 saturated heterocycles. The van der Waals surface area contributed by atoms with E-state index in [0.29, 0.717) is 30.1 Å². The summed E-state index contributed by atoms with van der Waals surface area (Å²) in [6, 6.07) is 12.0. The molecule has 1 aliphatic heterocycles. The average molecular weight is 378 g/mol. The number of rotatable bonds is 6. The molecule has 26 heavy (non-hydrogen) atoms. The Morgan fingerprint density at radius 2 is 1.54 bits per heavy atom. The molecule has 140 valence electrons. The Morgan fingerprint density at radius 1 is 0.923 bits per heavy atom. The number of ether oxygens (including phenoxy) is 4. The SMILES string of the molecule is COc1cc([C@H]2CC[C@@H](S(=O)(=O)c3ccccc3)O2)cc(OC)c1OC. The summed E-state index contributed by atoms with van der Waals surface area (Å²) in [5.74, 6) is 1.52. The van der Waals surface area contributed by atoms with E-state index < -0.39 is 15.3 Å². The van der Waals surface area contributed by atoms with Gasteiger partial charge in [0.15, 0.2) is 16.9 Å². The molecule has 0 unspecified atom stereocenters. The Kier molecular flexibility index (Phi) is 5.38. The van der Waals surface area contributed by atoms with Gasteiger partial charge in [0.2, 0.25) is 15.6 Å². The van der Waals surface area contributed by atoms with Crippen molar-refractivity contribution in [2.75, 3.05) is 21.3 Å². The number of sulfone groups is 1. The van der Waals surface area contributed by atoms with Crippen molar-refractivity contribution in [3.05, 3.63) is 48.0 Å². The van der Waals surface area contributed by atoms with Crippen LogP contribution in [0.1, 0.15) is 24.5 Å². The monoisotopic (exact) mass is 378 g/mol. The van der Waals surface area contributed by atoms with E-state index in [0.717, 1.165) is 5.56 Å². The van der Waals surface area contributed by atoms with Crippen LogP contribution in [0.4, 0.5) is 0 Å². The highest BCUT2D eigenvalue weighted by Gasteiger charge is 2.37. The lowest BCUT2D eigenvalue weighted by atomic mass is 10.1. The van der Waals surface area contributed by atoms with Crippen LogP contribution in [0.3, 0.4) is 0 Å². The van der Waals surface area contributed by atoms with Gasteiger partial charge in [0.25, 0.3) is 0 Å². The molecule has 0 N–H and O–H groups in total. The quantitative estimate of drug-likeness (QED) is 0.768. The largest absolute Gasteiger partial charge is 0.493 e. The first kappa shape index (κ1) is 18.5. The molecule has 7 heteroatoms. The maximum atomic E-state index is 12.8. The van der Waals surface area contributed by atoms with Crippen molar-refractivity contribution in [3.8, 4) is 17.2 Å². The Balaban J connectivity index is 1.87. The Morgan fingerprint density at radius 3 is 2.08 bits per heavy atom. The van der Waals surface area contributed by atoms with Gasteiger partial charge in [0, 0.05) is 0 Å². The van der Waals surface area contributed by atoms with Crippen LogP contribution >= 0.6 is 0 Å². The molecular weight excluding hydrogens is 356 g/mol. The number of hydrogen-bond donors (Lipinski definition) is 0. The van der Waals surface area contributed by atoms with Gasteiger partial charge in [-0.25, -0.2) is 8.42 Å². The molecule has 0 spiro atoms. The third-order valence-electron chi connectivity index (χ3n) is 4.46. The van der Waals surface area contributed by atoms with Gasteiger partial charge in [-0.05, 0) is 42.7 Å². The maximum absolute atomic E-state index is 12.8. The van der Waals surface area contributed by atoms with E-state index in [1.54, 1.807) is 56.7 Å². The van der Waals surface area contributed by atoms with Crippen LogP contribution < -0.4 is 14.2 Å². The van der Waals surface area contributed by atoms with Gasteiger partial charge in [-0.15, -0.1) is 0 Å². The highest BCUT2D eigenvalue weighted by Crippen LogP contribution is 2.44. The first-order chi connectivity index (χ1) is 12.5. The molecule has 0 bridgehead atoms. The molecule has 6 nitrogen and oxygen atoms in total. The highest BCUT2D eigenvalue weighted by atomic mass is 32.2. The lowest BCUT2D eigenvalue weighted by Crippen LogP contribution is -2.20. The summed E-state index contributed by atoms with van der Waals surface area (Å²) in [6.45, 7) is 0. The van der Waals surface area contributed by atoms with Crippen molar-refractivity contribution in [2.24, 2.45) is 0 Å². The summed E-state index contributed by atoms with van der Waals surface area (Å²) in [4.78, 5) is 0.274. The zero-order chi connectivity index (χ0) is 18.7. The van der Waals surface area contributed by atoms with Crippen molar-refractivity contribution >= 4 is 9.84 Å². The van der Waals surface area contributed by atoms with Crippen LogP contribution in [-0.2, 0) is 14.6 Å². The molecule has 1 heterocycles. The van der Waals surface area contributed by atoms with E-state index in [1.165, 1.54) is 7.11 Å². The van der Waals surface area contributed by atoms with E-state index in [2.05, 4.69) is 0 Å². The van der Waals surface area contributed by atoms with E-state index in [4.69, 9.17) is 18.9 Å². The molecule has 0 radical (unpaired) electrons. The van der Waals surface area contributed by atoms with Crippen LogP contribution in [0.5, 0.6) is 17.2 Å².